The van der Waals surface area contributed by atoms with Crippen molar-refractivity contribution in [2.75, 3.05) is 47.6 Å². The zero-order valence-corrected chi connectivity index (χ0v) is 20.8. The molecule has 32 heavy (non-hydrogen) atoms. The Morgan fingerprint density at radius 1 is 1.12 bits per heavy atom. The van der Waals surface area contributed by atoms with Gasteiger partial charge in [-0.3, -0.25) is 0 Å². The number of benzene rings is 1. The molecule has 1 aromatic heterocycles. The van der Waals surface area contributed by atoms with Crippen LogP contribution in [-0.4, -0.2) is 69.0 Å². The highest BCUT2D eigenvalue weighted by Crippen LogP contribution is 2.40. The van der Waals surface area contributed by atoms with E-state index in [1.807, 2.05) is 12.1 Å². The van der Waals surface area contributed by atoms with Crippen LogP contribution in [0.2, 0.25) is 5.15 Å². The third-order valence-corrected chi connectivity index (χ3v) is 6.71. The molecule has 1 saturated heterocycles. The lowest BCUT2D eigenvalue weighted by molar-refractivity contribution is -0.907. The first-order valence-electron chi connectivity index (χ1n) is 10.3. The molecular weight excluding hydrogens is 475 g/mol. The summed E-state index contributed by atoms with van der Waals surface area (Å²) in [5, 5.41) is 12.5. The van der Waals surface area contributed by atoms with Crippen LogP contribution in [0, 0.1) is 0 Å². The topological polar surface area (TPSA) is 74.5 Å². The average Bonchev–Trinajstić information content (AvgIpc) is 2.78. The molecule has 1 aromatic carbocycles. The molecule has 2 aromatic rings. The predicted octanol–water partition coefficient (Wildman–Crippen LogP) is -0.656. The number of aliphatic hydroxyl groups excluding tert-OH is 1. The van der Waals surface area contributed by atoms with Crippen LogP contribution in [0.1, 0.15) is 12.8 Å². The van der Waals surface area contributed by atoms with Gasteiger partial charge >= 0.3 is 0 Å². The minimum absolute atomic E-state index is 0. The van der Waals surface area contributed by atoms with E-state index >= 15 is 0 Å². The summed E-state index contributed by atoms with van der Waals surface area (Å²) in [4.78, 5) is 5.75. The number of ether oxygens (including phenoxy) is 4. The third kappa shape index (κ3) is 7.49. The Morgan fingerprint density at radius 2 is 1.78 bits per heavy atom. The van der Waals surface area contributed by atoms with E-state index in [1.54, 1.807) is 51.3 Å². The number of aromatic nitrogens is 1. The third-order valence-electron chi connectivity index (χ3n) is 5.22. The first-order valence-corrected chi connectivity index (χ1v) is 11.5. The van der Waals surface area contributed by atoms with Crippen molar-refractivity contribution in [3.8, 4) is 23.0 Å². The number of likely N-dealkylation sites (tertiary alicyclic amines) is 1. The number of hydrogen-bond donors (Lipinski definition) is 2. The van der Waals surface area contributed by atoms with Gasteiger partial charge in [0, 0.05) is 30.2 Å². The minimum Gasteiger partial charge on any atom is -1.00 e. The zero-order valence-electron chi connectivity index (χ0n) is 18.5. The second-order valence-corrected chi connectivity index (χ2v) is 9.10. The van der Waals surface area contributed by atoms with Gasteiger partial charge in [0.05, 0.1) is 39.4 Å². The lowest BCUT2D eigenvalue weighted by Gasteiger charge is -2.30. The molecule has 2 heterocycles. The van der Waals surface area contributed by atoms with Gasteiger partial charge in [-0.2, -0.15) is 0 Å². The summed E-state index contributed by atoms with van der Waals surface area (Å²) >= 11 is 7.76. The van der Waals surface area contributed by atoms with Crippen LogP contribution in [0.3, 0.4) is 0 Å². The van der Waals surface area contributed by atoms with Gasteiger partial charge in [0.15, 0.2) is 11.5 Å². The Morgan fingerprint density at radius 3 is 2.34 bits per heavy atom. The maximum atomic E-state index is 10.5. The molecule has 178 valence electrons. The highest BCUT2D eigenvalue weighted by Gasteiger charge is 2.25. The van der Waals surface area contributed by atoms with E-state index in [2.05, 4.69) is 4.98 Å². The van der Waals surface area contributed by atoms with Crippen LogP contribution in [0.4, 0.5) is 0 Å². The van der Waals surface area contributed by atoms with E-state index in [0.717, 1.165) is 31.0 Å². The molecular formula is C22H30Cl2N2O5S. The SMILES string of the molecule is COc1cc(OCC(O)C[NH+]2CCC(Sc3cccc(Cl)n3)CC2)cc(OC)c1OC.[Cl-]. The molecule has 0 amide bonds. The minimum atomic E-state index is -0.562. The van der Waals surface area contributed by atoms with Crippen LogP contribution in [-0.2, 0) is 0 Å². The van der Waals surface area contributed by atoms with Crippen molar-refractivity contribution in [3.05, 3.63) is 35.5 Å². The van der Waals surface area contributed by atoms with E-state index in [-0.39, 0.29) is 19.0 Å². The van der Waals surface area contributed by atoms with Crippen molar-refractivity contribution in [2.45, 2.75) is 29.2 Å². The summed E-state index contributed by atoms with van der Waals surface area (Å²) in [6.07, 6.45) is 1.59. The lowest BCUT2D eigenvalue weighted by atomic mass is 10.1. The second-order valence-electron chi connectivity index (χ2n) is 7.40. The van der Waals surface area contributed by atoms with Gasteiger partial charge in [-0.1, -0.05) is 17.7 Å². The van der Waals surface area contributed by atoms with E-state index in [4.69, 9.17) is 30.5 Å². The van der Waals surface area contributed by atoms with E-state index < -0.39 is 6.10 Å². The first kappa shape index (κ1) is 26.7. The number of halogens is 2. The molecule has 7 nitrogen and oxygen atoms in total. The van der Waals surface area contributed by atoms with Gasteiger partial charge in [-0.05, 0) is 12.1 Å². The Kier molecular flexibility index (Phi) is 11.0. The number of piperidine rings is 1. The molecule has 0 radical (unpaired) electrons. The fourth-order valence-corrected chi connectivity index (χ4v) is 5.01. The molecule has 1 aliphatic heterocycles. The summed E-state index contributed by atoms with van der Waals surface area (Å²) in [6, 6.07) is 9.18. The molecule has 3 rings (SSSR count). The van der Waals surface area contributed by atoms with E-state index in [9.17, 15) is 5.11 Å². The quantitative estimate of drug-likeness (QED) is 0.416. The van der Waals surface area contributed by atoms with Gasteiger partial charge in [0.2, 0.25) is 5.75 Å². The van der Waals surface area contributed by atoms with Crippen molar-refractivity contribution in [1.82, 2.24) is 4.98 Å². The Hall–Kier alpha value is -1.58. The highest BCUT2D eigenvalue weighted by atomic mass is 35.5. The van der Waals surface area contributed by atoms with Crippen molar-refractivity contribution in [1.29, 1.82) is 0 Å². The summed E-state index contributed by atoms with van der Waals surface area (Å²) in [7, 11) is 4.67. The maximum Gasteiger partial charge on any atom is 0.203 e. The van der Waals surface area contributed by atoms with Gasteiger partial charge in [-0.15, -0.1) is 11.8 Å². The predicted molar refractivity (Wildman–Crippen MR) is 121 cm³/mol. The summed E-state index contributed by atoms with van der Waals surface area (Å²) in [5.41, 5.74) is 0. The first-order chi connectivity index (χ1) is 15.0. The van der Waals surface area contributed by atoms with Gasteiger partial charge in [0.25, 0.3) is 0 Å². The van der Waals surface area contributed by atoms with Crippen molar-refractivity contribution >= 4 is 23.4 Å². The van der Waals surface area contributed by atoms with Crippen molar-refractivity contribution < 1.29 is 41.4 Å². The van der Waals surface area contributed by atoms with Gasteiger partial charge in [-0.25, -0.2) is 4.98 Å². The Bertz CT molecular complexity index is 828. The molecule has 0 bridgehead atoms. The smallest absolute Gasteiger partial charge is 0.203 e. The number of nitrogens with zero attached hydrogens (tertiary/aromatic N) is 1. The highest BCUT2D eigenvalue weighted by molar-refractivity contribution is 7.99. The average molecular weight is 505 g/mol. The summed E-state index contributed by atoms with van der Waals surface area (Å²) in [6.45, 7) is 2.88. The Balaban J connectivity index is 0.00000363. The summed E-state index contributed by atoms with van der Waals surface area (Å²) in [5.74, 6) is 2.11. The summed E-state index contributed by atoms with van der Waals surface area (Å²) < 4.78 is 21.8. The fraction of sp³-hybridized carbons (Fsp3) is 0.500. The van der Waals surface area contributed by atoms with Crippen LogP contribution in [0.25, 0.3) is 0 Å². The number of pyridine rings is 1. The second kappa shape index (κ2) is 13.2. The van der Waals surface area contributed by atoms with Crippen molar-refractivity contribution in [3.63, 3.8) is 0 Å². The number of thioether (sulfide) groups is 1. The monoisotopic (exact) mass is 504 g/mol. The number of aliphatic hydroxyl groups is 1. The maximum absolute atomic E-state index is 10.5. The van der Waals surface area contributed by atoms with E-state index in [1.165, 1.54) is 4.90 Å². The molecule has 1 unspecified atom stereocenters. The molecule has 1 fully saturated rings. The molecule has 10 heteroatoms. The number of nitrogens with one attached hydrogen (secondary N) is 1. The molecule has 1 atom stereocenters. The molecule has 2 N–H and O–H groups in total. The largest absolute Gasteiger partial charge is 1.00 e. The molecule has 0 aliphatic carbocycles. The fourth-order valence-electron chi connectivity index (χ4n) is 3.67. The zero-order chi connectivity index (χ0) is 22.2. The number of rotatable bonds is 10. The van der Waals surface area contributed by atoms with Gasteiger partial charge < -0.3 is 41.4 Å². The van der Waals surface area contributed by atoms with E-state index in [0.29, 0.717) is 39.9 Å². The molecule has 0 saturated carbocycles. The van der Waals surface area contributed by atoms with Gasteiger partial charge in [0.1, 0.15) is 30.2 Å². The number of hydrogen-bond acceptors (Lipinski definition) is 7. The normalized spacial score (nSPS) is 18.9. The number of quaternary nitrogens is 1. The van der Waals surface area contributed by atoms with Crippen LogP contribution >= 0.6 is 23.4 Å². The lowest BCUT2D eigenvalue weighted by Crippen LogP contribution is -3.14. The van der Waals surface area contributed by atoms with Crippen LogP contribution < -0.4 is 36.3 Å². The Labute approximate surface area is 204 Å². The molecule has 0 spiro atoms. The molecule has 1 aliphatic rings. The van der Waals surface area contributed by atoms with Crippen LogP contribution in [0.5, 0.6) is 23.0 Å². The number of methoxy groups -OCH3 is 3. The standard InChI is InChI=1S/C22H29ClN2O5S.ClH/c1-27-18-11-16(12-19(28-2)22(18)29-3)30-14-15(26)13-25-9-7-17(8-10-25)31-21-6-4-5-20(23)24-21;/h4-6,11-12,15,17,26H,7-10,13-14H2,1-3H3;1H. The van der Waals surface area contributed by atoms with Crippen molar-refractivity contribution in [2.24, 2.45) is 0 Å². The van der Waals surface area contributed by atoms with Crippen LogP contribution in [0.15, 0.2) is 35.4 Å².